The summed E-state index contributed by atoms with van der Waals surface area (Å²) in [5.41, 5.74) is 13.1. The van der Waals surface area contributed by atoms with Gasteiger partial charge >= 0.3 is 21.1 Å². The molecule has 2 nitrogen and oxygen atoms in total. The van der Waals surface area contributed by atoms with Crippen LogP contribution in [0.15, 0.2) is 0 Å². The second-order valence-corrected chi connectivity index (χ2v) is 3.12. The molecule has 0 atom stereocenters. The summed E-state index contributed by atoms with van der Waals surface area (Å²) in [5.74, 6) is 0. The van der Waals surface area contributed by atoms with Crippen molar-refractivity contribution in [1.29, 1.82) is 0 Å². The van der Waals surface area contributed by atoms with Crippen LogP contribution in [-0.4, -0.2) is 0 Å². The molecule has 0 amide bonds. The van der Waals surface area contributed by atoms with Gasteiger partial charge in [-0.15, -0.1) is 0 Å². The van der Waals surface area contributed by atoms with E-state index < -0.39 is 0 Å². The van der Waals surface area contributed by atoms with Crippen LogP contribution < -0.4 is 0 Å². The van der Waals surface area contributed by atoms with Crippen LogP contribution in [0.5, 0.6) is 0 Å². The molecule has 76 valence electrons. The molecule has 1 rings (SSSR count). The topological polar surface area (TPSA) is 39.4 Å². The molecule has 13 heavy (non-hydrogen) atoms. The molecule has 1 aromatic rings. The van der Waals surface area contributed by atoms with Gasteiger partial charge in [-0.25, -0.2) is 0 Å². The molecule has 0 spiro atoms. The summed E-state index contributed by atoms with van der Waals surface area (Å²) < 4.78 is 0. The van der Waals surface area contributed by atoms with E-state index in [2.05, 4.69) is 34.6 Å². The van der Waals surface area contributed by atoms with Crippen molar-refractivity contribution >= 4 is 0 Å². The molecule has 0 aliphatic heterocycles. The fourth-order valence-electron chi connectivity index (χ4n) is 1.41. The zero-order valence-corrected chi connectivity index (χ0v) is 12.4. The van der Waals surface area contributed by atoms with Gasteiger partial charge in [-0.3, -0.25) is 0 Å². The van der Waals surface area contributed by atoms with E-state index in [1.807, 2.05) is 0 Å². The minimum atomic E-state index is 0. The molecule has 0 aromatic heterocycles. The van der Waals surface area contributed by atoms with Gasteiger partial charge in [-0.2, -0.15) is 27.8 Å². The van der Waals surface area contributed by atoms with Crippen molar-refractivity contribution in [3.8, 4) is 0 Å². The Labute approximate surface area is 94.1 Å². The van der Waals surface area contributed by atoms with Gasteiger partial charge < -0.3 is 10.5 Å². The molecule has 0 aliphatic carbocycles. The Kier molecular flexibility index (Phi) is 7.15. The molecule has 0 saturated carbocycles. The fraction of sp³-hybridized carbons (Fsp3) is 0.500. The summed E-state index contributed by atoms with van der Waals surface area (Å²) in [6.45, 7) is 11.0. The van der Waals surface area contributed by atoms with Crippen LogP contribution in [0, 0.1) is 39.5 Å². The minimum absolute atomic E-state index is 0. The summed E-state index contributed by atoms with van der Waals surface area (Å²) in [6.07, 6.45) is 0. The normalized spacial score (nSPS) is 8.38. The first-order valence-corrected chi connectivity index (χ1v) is 3.93. The molecule has 0 bridgehead atoms. The van der Waals surface area contributed by atoms with E-state index in [0.717, 1.165) is 0 Å². The van der Waals surface area contributed by atoms with Crippen LogP contribution in [0.3, 0.4) is 0 Å². The Morgan fingerprint density at radius 2 is 1.15 bits per heavy atom. The summed E-state index contributed by atoms with van der Waals surface area (Å²) in [6, 6.07) is 0. The van der Waals surface area contributed by atoms with Crippen LogP contribution in [0.4, 0.5) is 0 Å². The van der Waals surface area contributed by atoms with Gasteiger partial charge in [0.2, 0.25) is 0 Å². The molecule has 0 fully saturated rings. The first-order valence-electron chi connectivity index (χ1n) is 3.93. The fourth-order valence-corrected chi connectivity index (χ4v) is 1.41. The van der Waals surface area contributed by atoms with Crippen molar-refractivity contribution in [2.24, 2.45) is 0 Å². The van der Waals surface area contributed by atoms with E-state index in [-0.39, 0.29) is 21.1 Å². The van der Waals surface area contributed by atoms with Crippen molar-refractivity contribution in [3.63, 3.8) is 0 Å². The molecule has 0 saturated heterocycles. The zero-order chi connectivity index (χ0) is 9.89. The third-order valence-electron chi connectivity index (χ3n) is 2.81. The molecular weight excluding hydrogens is 334 g/mol. The number of nitrogens with zero attached hydrogens (tertiary/aromatic N) is 1. The van der Waals surface area contributed by atoms with E-state index in [1.54, 1.807) is 0 Å². The summed E-state index contributed by atoms with van der Waals surface area (Å²) in [7, 11) is 0. The number of rotatable bonds is 0. The maximum absolute atomic E-state index is 7.25. The predicted octanol–water partition coefficient (Wildman–Crippen LogP) is 2.73. The van der Waals surface area contributed by atoms with Crippen molar-refractivity contribution in [2.45, 2.75) is 34.6 Å². The van der Waals surface area contributed by atoms with Crippen molar-refractivity contribution in [3.05, 3.63) is 38.3 Å². The first-order chi connectivity index (χ1) is 5.55. The second kappa shape index (κ2) is 6.15. The van der Waals surface area contributed by atoms with Gasteiger partial charge in [0.1, 0.15) is 0 Å². The van der Waals surface area contributed by atoms with E-state index in [0.29, 0.717) is 0 Å². The second-order valence-electron chi connectivity index (χ2n) is 3.12. The van der Waals surface area contributed by atoms with Crippen LogP contribution in [-0.2, 0) is 21.1 Å². The van der Waals surface area contributed by atoms with Gasteiger partial charge in [-0.1, -0.05) is 34.6 Å². The molecule has 0 radical (unpaired) electrons. The van der Waals surface area contributed by atoms with Crippen molar-refractivity contribution in [1.82, 2.24) is 0 Å². The Bertz CT molecular complexity index is 199. The van der Waals surface area contributed by atoms with Crippen LogP contribution in [0.2, 0.25) is 0 Å². The third-order valence-corrected chi connectivity index (χ3v) is 2.81. The van der Waals surface area contributed by atoms with Gasteiger partial charge in [0.25, 0.3) is 0 Å². The zero-order valence-electron chi connectivity index (χ0n) is 8.86. The summed E-state index contributed by atoms with van der Waals surface area (Å²) in [5, 5.41) is 0. The average molecular weight is 351 g/mol. The van der Waals surface area contributed by atoms with Gasteiger partial charge in [0.15, 0.2) is 0 Å². The van der Waals surface area contributed by atoms with Crippen LogP contribution in [0.25, 0.3) is 5.59 Å². The van der Waals surface area contributed by atoms with Gasteiger partial charge in [-0.05, 0) is 0 Å². The van der Waals surface area contributed by atoms with Crippen molar-refractivity contribution < 1.29 is 21.1 Å². The predicted molar refractivity (Wildman–Crippen MR) is 55.2 cm³/mol. The first kappa shape index (κ1) is 15.1. The Morgan fingerprint density at radius 1 is 0.923 bits per heavy atom. The van der Waals surface area contributed by atoms with Gasteiger partial charge in [0.05, 0.1) is 0 Å². The molecule has 1 aromatic carbocycles. The number of hydrogen-bond acceptors (Lipinski definition) is 1. The standard InChI is InChI=1S/C10H15.NO.W.2H/c1-6-7(2)9(4)10(5)8(6)3;1-2;;;/h1-5H3;;;;/q2*-1;;;. The monoisotopic (exact) mass is 351 g/mol. The molecule has 0 aliphatic rings. The number of nitroso groups, excluding NO2 is 1. The quantitative estimate of drug-likeness (QED) is 0.663. The Morgan fingerprint density at radius 3 is 1.23 bits per heavy atom. The van der Waals surface area contributed by atoms with Crippen molar-refractivity contribution in [2.75, 3.05) is 0 Å². The Balaban J connectivity index is 0. The molecule has 3 heteroatoms. The van der Waals surface area contributed by atoms with E-state index >= 15 is 0 Å². The SMILES string of the molecule is Cc1c(C)c(C)[c-](C)c1C.[N-]=O.[WH2]. The molecule has 0 unspecified atom stereocenters. The summed E-state index contributed by atoms with van der Waals surface area (Å²) >= 11 is 0. The van der Waals surface area contributed by atoms with Crippen LogP contribution >= 0.6 is 0 Å². The van der Waals surface area contributed by atoms with E-state index in [1.165, 1.54) is 27.8 Å². The maximum atomic E-state index is 7.25. The van der Waals surface area contributed by atoms with E-state index in [4.69, 9.17) is 10.5 Å². The summed E-state index contributed by atoms with van der Waals surface area (Å²) in [4.78, 5) is 7.25. The van der Waals surface area contributed by atoms with Gasteiger partial charge in [0, 0.05) is 0 Å². The van der Waals surface area contributed by atoms with Crippen LogP contribution in [0.1, 0.15) is 27.8 Å². The average Bonchev–Trinajstić information content (AvgIpc) is 2.27. The third kappa shape index (κ3) is 2.80. The Hall–Kier alpha value is -0.362. The number of hydrogen-bond donors (Lipinski definition) is 0. The van der Waals surface area contributed by atoms with E-state index in [9.17, 15) is 0 Å². The molecule has 0 N–H and O–H groups in total. The molecule has 0 heterocycles. The molecular formula is C10H17NOW-2.